The Morgan fingerprint density at radius 2 is 2.00 bits per heavy atom. The number of H-pyrrole nitrogens is 1. The topological polar surface area (TPSA) is 40.7 Å². The normalized spacial score (nSPS) is 10.8. The highest BCUT2D eigenvalue weighted by Gasteiger charge is 2.04. The van der Waals surface area contributed by atoms with Crippen LogP contribution in [0, 0.1) is 11.6 Å². The minimum Gasteiger partial charge on any atom is -0.381 e. The van der Waals surface area contributed by atoms with Gasteiger partial charge >= 0.3 is 0 Å². The second-order valence-electron chi connectivity index (χ2n) is 4.26. The number of aromatic amines is 1. The lowest BCUT2D eigenvalue weighted by atomic mass is 10.2. The summed E-state index contributed by atoms with van der Waals surface area (Å²) >= 11 is 0. The van der Waals surface area contributed by atoms with Crippen LogP contribution in [0.3, 0.4) is 0 Å². The van der Waals surface area contributed by atoms with Crippen LogP contribution in [0.15, 0.2) is 42.6 Å². The summed E-state index contributed by atoms with van der Waals surface area (Å²) in [5.74, 6) is -0.859. The van der Waals surface area contributed by atoms with Crippen molar-refractivity contribution in [3.05, 3.63) is 59.8 Å². The largest absolute Gasteiger partial charge is 0.381 e. The van der Waals surface area contributed by atoms with Crippen LogP contribution >= 0.6 is 0 Å². The number of hydrogen-bond acceptors (Lipinski definition) is 2. The summed E-state index contributed by atoms with van der Waals surface area (Å²) in [6, 6.07) is 9.07. The van der Waals surface area contributed by atoms with Crippen LogP contribution in [0.4, 0.5) is 14.5 Å². The van der Waals surface area contributed by atoms with Crippen molar-refractivity contribution < 1.29 is 8.78 Å². The van der Waals surface area contributed by atoms with Gasteiger partial charge in [-0.05, 0) is 36.4 Å². The van der Waals surface area contributed by atoms with Crippen LogP contribution < -0.4 is 5.32 Å². The first-order valence-electron chi connectivity index (χ1n) is 5.83. The van der Waals surface area contributed by atoms with Crippen molar-refractivity contribution in [2.45, 2.75) is 6.54 Å². The van der Waals surface area contributed by atoms with E-state index < -0.39 is 11.6 Å². The van der Waals surface area contributed by atoms with Gasteiger partial charge in [0.1, 0.15) is 11.6 Å². The van der Waals surface area contributed by atoms with Gasteiger partial charge in [-0.3, -0.25) is 5.10 Å². The quantitative estimate of drug-likeness (QED) is 0.756. The third kappa shape index (κ3) is 2.40. The van der Waals surface area contributed by atoms with E-state index in [-0.39, 0.29) is 6.54 Å². The van der Waals surface area contributed by atoms with Crippen molar-refractivity contribution >= 4 is 16.6 Å². The highest BCUT2D eigenvalue weighted by molar-refractivity contribution is 5.81. The molecule has 0 atom stereocenters. The molecule has 0 unspecified atom stereocenters. The van der Waals surface area contributed by atoms with Crippen LogP contribution in [0.5, 0.6) is 0 Å². The SMILES string of the molecule is Fc1ccc(F)c(CNc2ccc3[nH]ncc3c2)c1. The summed E-state index contributed by atoms with van der Waals surface area (Å²) in [6.07, 6.45) is 1.71. The molecule has 0 radical (unpaired) electrons. The highest BCUT2D eigenvalue weighted by Crippen LogP contribution is 2.18. The van der Waals surface area contributed by atoms with Gasteiger partial charge in [0.05, 0.1) is 11.7 Å². The summed E-state index contributed by atoms with van der Waals surface area (Å²) in [5, 5.41) is 10.8. The van der Waals surface area contributed by atoms with Crippen molar-refractivity contribution in [3.63, 3.8) is 0 Å². The lowest BCUT2D eigenvalue weighted by Crippen LogP contribution is -2.02. The lowest BCUT2D eigenvalue weighted by molar-refractivity contribution is 0.587. The fourth-order valence-electron chi connectivity index (χ4n) is 1.93. The van der Waals surface area contributed by atoms with Gasteiger partial charge in [-0.1, -0.05) is 0 Å². The van der Waals surface area contributed by atoms with Gasteiger partial charge < -0.3 is 5.32 Å². The molecule has 96 valence electrons. The molecule has 0 aliphatic carbocycles. The van der Waals surface area contributed by atoms with E-state index in [1.165, 1.54) is 6.07 Å². The van der Waals surface area contributed by atoms with Crippen LogP contribution in [0.1, 0.15) is 5.56 Å². The summed E-state index contributed by atoms with van der Waals surface area (Å²) < 4.78 is 26.5. The predicted octanol–water partition coefficient (Wildman–Crippen LogP) is 3.45. The molecule has 1 aromatic heterocycles. The number of aromatic nitrogens is 2. The number of hydrogen-bond donors (Lipinski definition) is 2. The molecular formula is C14H11F2N3. The van der Waals surface area contributed by atoms with E-state index in [1.54, 1.807) is 6.20 Å². The maximum absolute atomic E-state index is 13.5. The minimum absolute atomic E-state index is 0.229. The summed E-state index contributed by atoms with van der Waals surface area (Å²) in [5.41, 5.74) is 2.06. The fraction of sp³-hybridized carbons (Fsp3) is 0.0714. The molecule has 19 heavy (non-hydrogen) atoms. The molecule has 0 aliphatic heterocycles. The molecule has 1 heterocycles. The standard InChI is InChI=1S/C14H11F2N3/c15-11-1-3-13(16)9(5-11)7-17-12-2-4-14-10(6-12)8-18-19-14/h1-6,8,17H,7H2,(H,18,19). The van der Waals surface area contributed by atoms with Gasteiger partial charge in [0, 0.05) is 23.2 Å². The van der Waals surface area contributed by atoms with E-state index in [9.17, 15) is 8.78 Å². The van der Waals surface area contributed by atoms with Crippen molar-refractivity contribution in [2.24, 2.45) is 0 Å². The van der Waals surface area contributed by atoms with Crippen molar-refractivity contribution in [1.29, 1.82) is 0 Å². The molecule has 5 heteroatoms. The molecule has 0 aliphatic rings. The maximum atomic E-state index is 13.5. The van der Waals surface area contributed by atoms with Crippen LogP contribution in [0.2, 0.25) is 0 Å². The Morgan fingerprint density at radius 3 is 2.89 bits per heavy atom. The Morgan fingerprint density at radius 1 is 1.11 bits per heavy atom. The van der Waals surface area contributed by atoms with Crippen LogP contribution in [0.25, 0.3) is 10.9 Å². The zero-order valence-corrected chi connectivity index (χ0v) is 9.95. The first-order valence-corrected chi connectivity index (χ1v) is 5.83. The van der Waals surface area contributed by atoms with Gasteiger partial charge in [-0.2, -0.15) is 5.10 Å². The van der Waals surface area contributed by atoms with Crippen molar-refractivity contribution in [3.8, 4) is 0 Å². The third-order valence-electron chi connectivity index (χ3n) is 2.93. The number of benzene rings is 2. The van der Waals surface area contributed by atoms with Gasteiger partial charge in [0.25, 0.3) is 0 Å². The third-order valence-corrected chi connectivity index (χ3v) is 2.93. The monoisotopic (exact) mass is 259 g/mol. The molecule has 3 nitrogen and oxygen atoms in total. The molecule has 2 aromatic carbocycles. The van der Waals surface area contributed by atoms with E-state index >= 15 is 0 Å². The molecule has 0 fully saturated rings. The molecule has 3 rings (SSSR count). The fourth-order valence-corrected chi connectivity index (χ4v) is 1.93. The first kappa shape index (κ1) is 11.6. The number of rotatable bonds is 3. The number of nitrogens with one attached hydrogen (secondary N) is 2. The Balaban J connectivity index is 1.79. The molecule has 0 saturated carbocycles. The smallest absolute Gasteiger partial charge is 0.128 e. The Labute approximate surface area is 108 Å². The van der Waals surface area contributed by atoms with E-state index in [0.29, 0.717) is 5.56 Å². The number of fused-ring (bicyclic) bond motifs is 1. The van der Waals surface area contributed by atoms with Crippen molar-refractivity contribution in [2.75, 3.05) is 5.32 Å². The average molecular weight is 259 g/mol. The van der Waals surface area contributed by atoms with E-state index in [0.717, 1.165) is 28.7 Å². The van der Waals surface area contributed by atoms with Gasteiger partial charge in [-0.25, -0.2) is 8.78 Å². The molecule has 0 bridgehead atoms. The summed E-state index contributed by atoms with van der Waals surface area (Å²) in [4.78, 5) is 0. The zero-order valence-electron chi connectivity index (χ0n) is 9.95. The van der Waals surface area contributed by atoms with Gasteiger partial charge in [0.15, 0.2) is 0 Å². The summed E-state index contributed by atoms with van der Waals surface area (Å²) in [7, 11) is 0. The number of halogens is 2. The molecule has 0 amide bonds. The zero-order chi connectivity index (χ0) is 13.2. The van der Waals surface area contributed by atoms with Crippen molar-refractivity contribution in [1.82, 2.24) is 10.2 Å². The van der Waals surface area contributed by atoms with Gasteiger partial charge in [0.2, 0.25) is 0 Å². The molecule has 3 aromatic rings. The molecule has 2 N–H and O–H groups in total. The predicted molar refractivity (Wildman–Crippen MR) is 69.8 cm³/mol. The van der Waals surface area contributed by atoms with Crippen LogP contribution in [-0.4, -0.2) is 10.2 Å². The Hall–Kier alpha value is -2.43. The van der Waals surface area contributed by atoms with Gasteiger partial charge in [-0.15, -0.1) is 0 Å². The second kappa shape index (κ2) is 4.68. The highest BCUT2D eigenvalue weighted by atomic mass is 19.1. The van der Waals surface area contributed by atoms with E-state index in [1.807, 2.05) is 18.2 Å². The van der Waals surface area contributed by atoms with Crippen LogP contribution in [-0.2, 0) is 6.54 Å². The second-order valence-corrected chi connectivity index (χ2v) is 4.26. The molecule has 0 saturated heterocycles. The Kier molecular flexibility index (Phi) is 2.87. The Bertz CT molecular complexity index is 722. The molecule has 0 spiro atoms. The summed E-state index contributed by atoms with van der Waals surface area (Å²) in [6.45, 7) is 0.229. The first-order chi connectivity index (χ1) is 9.22. The lowest BCUT2D eigenvalue weighted by Gasteiger charge is -2.07. The van der Waals surface area contributed by atoms with E-state index in [4.69, 9.17) is 0 Å². The molecular weight excluding hydrogens is 248 g/mol. The number of anilines is 1. The van der Waals surface area contributed by atoms with E-state index in [2.05, 4.69) is 15.5 Å². The maximum Gasteiger partial charge on any atom is 0.128 e. The minimum atomic E-state index is -0.441. The number of nitrogens with zero attached hydrogens (tertiary/aromatic N) is 1. The average Bonchev–Trinajstić information content (AvgIpc) is 2.87.